The van der Waals surface area contributed by atoms with Gasteiger partial charge in [-0.05, 0) is 37.9 Å². The number of aromatic amines is 1. The Bertz CT molecular complexity index is 756. The van der Waals surface area contributed by atoms with Gasteiger partial charge in [-0.1, -0.05) is 0 Å². The molecule has 0 saturated carbocycles. The zero-order valence-electron chi connectivity index (χ0n) is 14.5. The molecule has 1 aliphatic heterocycles. The largest absolute Gasteiger partial charge is 0.427 e. The third-order valence-corrected chi connectivity index (χ3v) is 4.30. The van der Waals surface area contributed by atoms with E-state index in [1.807, 2.05) is 6.07 Å². The number of halogens is 2. The maximum absolute atomic E-state index is 12.3. The summed E-state index contributed by atoms with van der Waals surface area (Å²) in [6, 6.07) is 1.82. The molecule has 1 amide bonds. The molecular weight excluding hydrogens is 379 g/mol. The number of carbonyl (C=O) groups is 1. The molecule has 7 nitrogen and oxygen atoms in total. The van der Waals surface area contributed by atoms with Gasteiger partial charge in [0, 0.05) is 37.8 Å². The Morgan fingerprint density at radius 1 is 1.42 bits per heavy atom. The van der Waals surface area contributed by atoms with Gasteiger partial charge in [0.1, 0.15) is 17.1 Å². The summed E-state index contributed by atoms with van der Waals surface area (Å²) in [4.78, 5) is 31.6. The second-order valence-corrected chi connectivity index (χ2v) is 6.08. The Morgan fingerprint density at radius 3 is 2.85 bits per heavy atom. The van der Waals surface area contributed by atoms with Gasteiger partial charge in [-0.25, -0.2) is 9.78 Å². The van der Waals surface area contributed by atoms with Crippen LogP contribution in [0.4, 0.5) is 0 Å². The topological polar surface area (TPSA) is 100 Å². The molecule has 26 heavy (non-hydrogen) atoms. The van der Waals surface area contributed by atoms with E-state index in [9.17, 15) is 9.59 Å². The molecular formula is C17H24Cl2N4O3. The van der Waals surface area contributed by atoms with Crippen LogP contribution in [0.15, 0.2) is 27.7 Å². The molecule has 144 valence electrons. The van der Waals surface area contributed by atoms with Crippen LogP contribution in [0.1, 0.15) is 46.3 Å². The first kappa shape index (κ1) is 22.2. The number of hydrogen-bond donors (Lipinski definition) is 3. The minimum Gasteiger partial charge on any atom is -0.427 e. The molecule has 0 spiro atoms. The summed E-state index contributed by atoms with van der Waals surface area (Å²) in [5.41, 5.74) is 0.176. The molecule has 2 aromatic heterocycles. The van der Waals surface area contributed by atoms with Crippen molar-refractivity contribution in [3.63, 3.8) is 0 Å². The molecule has 0 bridgehead atoms. The van der Waals surface area contributed by atoms with Crippen LogP contribution in [0.3, 0.4) is 0 Å². The molecule has 0 aromatic carbocycles. The number of piperidine rings is 1. The van der Waals surface area contributed by atoms with E-state index in [0.717, 1.165) is 31.8 Å². The monoisotopic (exact) mass is 402 g/mol. The van der Waals surface area contributed by atoms with E-state index in [2.05, 4.69) is 20.6 Å². The molecule has 2 aromatic rings. The van der Waals surface area contributed by atoms with Crippen molar-refractivity contribution in [2.45, 2.75) is 32.1 Å². The fourth-order valence-electron chi connectivity index (χ4n) is 3.02. The summed E-state index contributed by atoms with van der Waals surface area (Å²) in [5, 5.41) is 6.05. The van der Waals surface area contributed by atoms with Gasteiger partial charge in [0.2, 0.25) is 0 Å². The van der Waals surface area contributed by atoms with E-state index in [1.54, 1.807) is 19.3 Å². The third-order valence-electron chi connectivity index (χ3n) is 4.30. The summed E-state index contributed by atoms with van der Waals surface area (Å²) in [5.74, 6) is 1.25. The van der Waals surface area contributed by atoms with E-state index in [-0.39, 0.29) is 36.3 Å². The normalized spacial score (nSPS) is 16.3. The molecule has 1 unspecified atom stereocenters. The number of rotatable bonds is 5. The number of hydrogen-bond acceptors (Lipinski definition) is 5. The number of imidazole rings is 1. The lowest BCUT2D eigenvalue weighted by atomic mass is 9.95. The smallest absolute Gasteiger partial charge is 0.349 e. The van der Waals surface area contributed by atoms with Crippen molar-refractivity contribution in [2.75, 3.05) is 19.6 Å². The molecule has 1 fully saturated rings. The van der Waals surface area contributed by atoms with Crippen LogP contribution in [-0.2, 0) is 6.42 Å². The zero-order valence-corrected chi connectivity index (χ0v) is 16.2. The molecule has 1 saturated heterocycles. The molecule has 3 N–H and O–H groups in total. The molecule has 9 heteroatoms. The van der Waals surface area contributed by atoms with Crippen molar-refractivity contribution in [2.24, 2.45) is 0 Å². The van der Waals surface area contributed by atoms with Crippen LogP contribution in [0.25, 0.3) is 0 Å². The number of nitrogens with zero attached hydrogens (tertiary/aromatic N) is 1. The number of nitrogens with one attached hydrogen (secondary N) is 3. The van der Waals surface area contributed by atoms with Crippen LogP contribution >= 0.6 is 24.8 Å². The molecule has 0 aliphatic carbocycles. The van der Waals surface area contributed by atoms with Gasteiger partial charge in [-0.15, -0.1) is 24.8 Å². The van der Waals surface area contributed by atoms with Crippen LogP contribution in [-0.4, -0.2) is 35.5 Å². The second kappa shape index (κ2) is 10.4. The Hall–Kier alpha value is -1.83. The minimum atomic E-state index is -0.564. The molecule has 1 aliphatic rings. The molecule has 1 atom stereocenters. The van der Waals surface area contributed by atoms with Crippen molar-refractivity contribution in [3.8, 4) is 0 Å². The Morgan fingerprint density at radius 2 is 2.23 bits per heavy atom. The number of H-pyrrole nitrogens is 1. The Labute approximate surface area is 164 Å². The number of amides is 1. The maximum atomic E-state index is 12.3. The lowest BCUT2D eigenvalue weighted by Gasteiger charge is -2.22. The number of aromatic nitrogens is 2. The molecule has 0 radical (unpaired) electrons. The summed E-state index contributed by atoms with van der Waals surface area (Å²) in [6.07, 6.45) is 6.02. The second-order valence-electron chi connectivity index (χ2n) is 6.08. The highest BCUT2D eigenvalue weighted by Gasteiger charge is 2.22. The van der Waals surface area contributed by atoms with Crippen molar-refractivity contribution < 1.29 is 9.21 Å². The summed E-state index contributed by atoms with van der Waals surface area (Å²) < 4.78 is 5.43. The predicted octanol–water partition coefficient (Wildman–Crippen LogP) is 1.95. The van der Waals surface area contributed by atoms with E-state index in [4.69, 9.17) is 4.42 Å². The van der Waals surface area contributed by atoms with Gasteiger partial charge in [-0.3, -0.25) is 4.79 Å². The first-order valence-corrected chi connectivity index (χ1v) is 8.27. The van der Waals surface area contributed by atoms with E-state index in [0.29, 0.717) is 24.3 Å². The fourth-order valence-corrected chi connectivity index (χ4v) is 3.02. The molecule has 3 rings (SSSR count). The standard InChI is InChI=1S/C17H22N4O3.2ClH/c1-11-9-13(12-3-2-5-18-10-12)24-17(23)15(11)16(22)21-6-4-14-19-7-8-20-14;;/h7-9,12,18H,2-6,10H2,1H3,(H,19,20)(H,21,22);2*1H. The van der Waals surface area contributed by atoms with Gasteiger partial charge >= 0.3 is 5.63 Å². The van der Waals surface area contributed by atoms with Gasteiger partial charge in [0.05, 0.1) is 0 Å². The summed E-state index contributed by atoms with van der Waals surface area (Å²) in [6.45, 7) is 3.98. The van der Waals surface area contributed by atoms with Crippen LogP contribution in [0, 0.1) is 6.92 Å². The lowest BCUT2D eigenvalue weighted by molar-refractivity contribution is 0.0948. The van der Waals surface area contributed by atoms with Crippen LogP contribution in [0.5, 0.6) is 0 Å². The lowest BCUT2D eigenvalue weighted by Crippen LogP contribution is -2.32. The maximum Gasteiger partial charge on any atom is 0.349 e. The Kier molecular flexibility index (Phi) is 8.84. The van der Waals surface area contributed by atoms with Gasteiger partial charge in [-0.2, -0.15) is 0 Å². The van der Waals surface area contributed by atoms with Crippen molar-refractivity contribution in [3.05, 3.63) is 51.6 Å². The number of carbonyl (C=O) groups excluding carboxylic acids is 1. The van der Waals surface area contributed by atoms with Crippen LogP contribution < -0.4 is 16.3 Å². The highest BCUT2D eigenvalue weighted by Crippen LogP contribution is 2.23. The summed E-state index contributed by atoms with van der Waals surface area (Å²) >= 11 is 0. The SMILES string of the molecule is Cc1cc(C2CCCNC2)oc(=O)c1C(=O)NCCc1ncc[nH]1.Cl.Cl. The van der Waals surface area contributed by atoms with Gasteiger partial charge in [0.15, 0.2) is 0 Å². The highest BCUT2D eigenvalue weighted by atomic mass is 35.5. The average Bonchev–Trinajstić information content (AvgIpc) is 3.08. The molecule has 3 heterocycles. The van der Waals surface area contributed by atoms with Crippen molar-refractivity contribution in [1.29, 1.82) is 0 Å². The van der Waals surface area contributed by atoms with E-state index >= 15 is 0 Å². The quantitative estimate of drug-likeness (QED) is 0.709. The third kappa shape index (κ3) is 5.33. The summed E-state index contributed by atoms with van der Waals surface area (Å²) in [7, 11) is 0. The highest BCUT2D eigenvalue weighted by molar-refractivity contribution is 5.95. The van der Waals surface area contributed by atoms with Crippen molar-refractivity contribution in [1.82, 2.24) is 20.6 Å². The van der Waals surface area contributed by atoms with Gasteiger partial charge in [0.25, 0.3) is 5.91 Å². The van der Waals surface area contributed by atoms with Crippen molar-refractivity contribution >= 4 is 30.7 Å². The predicted molar refractivity (Wildman–Crippen MR) is 104 cm³/mol. The first-order chi connectivity index (χ1) is 11.6. The van der Waals surface area contributed by atoms with Crippen LogP contribution in [0.2, 0.25) is 0 Å². The average molecular weight is 403 g/mol. The van der Waals surface area contributed by atoms with E-state index in [1.165, 1.54) is 0 Å². The fraction of sp³-hybridized carbons (Fsp3) is 0.471. The minimum absolute atomic E-state index is 0. The number of aryl methyl sites for hydroxylation is 1. The van der Waals surface area contributed by atoms with Gasteiger partial charge < -0.3 is 20.0 Å². The Balaban J connectivity index is 0.00000169. The first-order valence-electron chi connectivity index (χ1n) is 8.27. The van der Waals surface area contributed by atoms with E-state index < -0.39 is 11.5 Å². The zero-order chi connectivity index (χ0) is 16.9.